The van der Waals surface area contributed by atoms with Gasteiger partial charge in [0, 0.05) is 75.7 Å². The van der Waals surface area contributed by atoms with Crippen LogP contribution in [0.1, 0.15) is 161 Å². The Morgan fingerprint density at radius 2 is 0.951 bits per heavy atom. The molecule has 2 aliphatic heterocycles. The second-order valence-corrected chi connectivity index (χ2v) is 31.0. The maximum Gasteiger partial charge on any atom is 0.264 e. The zero-order valence-electron chi connectivity index (χ0n) is 49.7. The van der Waals surface area contributed by atoms with E-state index in [1.54, 1.807) is 0 Å². The summed E-state index contributed by atoms with van der Waals surface area (Å²) >= 11 is 4.04. The predicted molar refractivity (Wildman–Crippen MR) is 353 cm³/mol. The van der Waals surface area contributed by atoms with Crippen molar-refractivity contribution in [1.82, 2.24) is 0 Å². The molecule has 15 rings (SSSR count). The lowest BCUT2D eigenvalue weighted by atomic mass is 9.35. The molecule has 3 nitrogen and oxygen atoms in total. The van der Waals surface area contributed by atoms with Gasteiger partial charge in [-0.2, -0.15) is 0 Å². The molecule has 5 aliphatic rings. The Hall–Kier alpha value is -6.60. The molecule has 406 valence electrons. The van der Waals surface area contributed by atoms with Crippen LogP contribution in [0.4, 0.5) is 45.5 Å². The standard InChI is InChI=1S/C75H76BN3S2/c1-70(2)32-33-71(3,4)55-38-49(30-31-54(55)70)79-61-43-58-57(73(7,8)35-36-74(58,9)10)42-60(61)76-66-62(39-50(40-63(66)79)78(47-23-15-13-16-24-47)48-25-17-14-18-26-48)77(45-46-22-21-28-52-51-27-19-20-29-64(51)80-68(46)52)67-53-41-56-59(44-65(53)81-69(67)76)75(11,12)37-34-72(56,5)6/h13-31,38-44H,32-37,45H2,1-12H3. The first-order valence-corrected chi connectivity index (χ1v) is 31.7. The second-order valence-electron chi connectivity index (χ2n) is 28.8. The molecule has 6 heteroatoms. The Labute approximate surface area is 489 Å². The molecule has 0 spiro atoms. The van der Waals surface area contributed by atoms with Crippen molar-refractivity contribution in [1.29, 1.82) is 0 Å². The van der Waals surface area contributed by atoms with E-state index in [4.69, 9.17) is 0 Å². The van der Waals surface area contributed by atoms with E-state index in [1.807, 2.05) is 11.3 Å². The molecule has 0 N–H and O–H groups in total. The molecule has 0 radical (unpaired) electrons. The maximum atomic E-state index is 2.82. The number of para-hydroxylation sites is 2. The van der Waals surface area contributed by atoms with E-state index in [-0.39, 0.29) is 39.2 Å². The van der Waals surface area contributed by atoms with Crippen LogP contribution in [0.15, 0.2) is 158 Å². The fourth-order valence-electron chi connectivity index (χ4n) is 15.7. The highest BCUT2D eigenvalue weighted by molar-refractivity contribution is 7.33. The zero-order valence-corrected chi connectivity index (χ0v) is 51.3. The summed E-state index contributed by atoms with van der Waals surface area (Å²) in [5.41, 5.74) is 23.5. The Balaban J connectivity index is 1.10. The Kier molecular flexibility index (Phi) is 11.1. The first kappa shape index (κ1) is 51.3. The van der Waals surface area contributed by atoms with Crippen LogP contribution < -0.4 is 30.4 Å². The first-order valence-electron chi connectivity index (χ1n) is 30.1. The van der Waals surface area contributed by atoms with Gasteiger partial charge in [-0.15, -0.1) is 22.7 Å². The van der Waals surface area contributed by atoms with E-state index in [0.717, 1.165) is 42.9 Å². The van der Waals surface area contributed by atoms with E-state index in [0.29, 0.717) is 0 Å². The first-order chi connectivity index (χ1) is 38.6. The second kappa shape index (κ2) is 17.5. The number of hydrogen-bond acceptors (Lipinski definition) is 5. The van der Waals surface area contributed by atoms with Crippen LogP contribution >= 0.6 is 22.7 Å². The molecule has 2 aromatic heterocycles. The fraction of sp³-hybridized carbons (Fsp3) is 0.333. The van der Waals surface area contributed by atoms with E-state index in [2.05, 4.69) is 267 Å². The van der Waals surface area contributed by atoms with Crippen LogP contribution in [0, 0.1) is 0 Å². The molecule has 0 saturated carbocycles. The lowest BCUT2D eigenvalue weighted by Crippen LogP contribution is -2.61. The lowest BCUT2D eigenvalue weighted by Gasteiger charge is -2.48. The Bertz CT molecular complexity index is 4210. The van der Waals surface area contributed by atoms with Gasteiger partial charge < -0.3 is 14.7 Å². The lowest BCUT2D eigenvalue weighted by molar-refractivity contribution is 0.332. The van der Waals surface area contributed by atoms with Crippen molar-refractivity contribution in [3.8, 4) is 0 Å². The molecule has 10 aromatic rings. The van der Waals surface area contributed by atoms with Crippen molar-refractivity contribution in [3.63, 3.8) is 0 Å². The van der Waals surface area contributed by atoms with Gasteiger partial charge in [-0.3, -0.25) is 0 Å². The average molecular weight is 1090 g/mol. The van der Waals surface area contributed by atoms with Gasteiger partial charge >= 0.3 is 0 Å². The molecule has 0 saturated heterocycles. The van der Waals surface area contributed by atoms with E-state index in [1.165, 1.54) is 133 Å². The molecule has 0 amide bonds. The van der Waals surface area contributed by atoms with Crippen molar-refractivity contribution >= 4 is 121 Å². The summed E-state index contributed by atoms with van der Waals surface area (Å²) in [5, 5.41) is 4.09. The van der Waals surface area contributed by atoms with Crippen LogP contribution in [-0.2, 0) is 39.0 Å². The summed E-state index contributed by atoms with van der Waals surface area (Å²) in [7, 11) is 0. The zero-order chi connectivity index (χ0) is 55.9. The monoisotopic (exact) mass is 1090 g/mol. The minimum Gasteiger partial charge on any atom is -0.336 e. The Morgan fingerprint density at radius 1 is 0.420 bits per heavy atom. The molecule has 3 aliphatic carbocycles. The number of thiophene rings is 2. The summed E-state index contributed by atoms with van der Waals surface area (Å²) in [6.45, 7) is 30.7. The van der Waals surface area contributed by atoms with Crippen molar-refractivity contribution in [2.24, 2.45) is 0 Å². The topological polar surface area (TPSA) is 9.72 Å². The number of hydrogen-bond donors (Lipinski definition) is 0. The number of fused-ring (bicyclic) bond motifs is 12. The molecule has 0 atom stereocenters. The van der Waals surface area contributed by atoms with Crippen molar-refractivity contribution in [2.75, 3.05) is 14.7 Å². The minimum absolute atomic E-state index is 0.00171. The van der Waals surface area contributed by atoms with Gasteiger partial charge in [0.15, 0.2) is 0 Å². The van der Waals surface area contributed by atoms with Gasteiger partial charge in [0.2, 0.25) is 0 Å². The van der Waals surface area contributed by atoms with Crippen LogP contribution in [0.3, 0.4) is 0 Å². The quantitative estimate of drug-likeness (QED) is 0.154. The molecule has 81 heavy (non-hydrogen) atoms. The summed E-state index contributed by atoms with van der Waals surface area (Å²) in [5.74, 6) is 0. The fourth-order valence-corrected chi connectivity index (χ4v) is 18.2. The maximum absolute atomic E-state index is 2.82. The average Bonchev–Trinajstić information content (AvgIpc) is 3.26. The van der Waals surface area contributed by atoms with Gasteiger partial charge in [0.1, 0.15) is 0 Å². The van der Waals surface area contributed by atoms with Crippen LogP contribution in [-0.4, -0.2) is 6.71 Å². The summed E-state index contributed by atoms with van der Waals surface area (Å²) < 4.78 is 5.60. The Morgan fingerprint density at radius 3 is 1.59 bits per heavy atom. The molecule has 4 heterocycles. The highest BCUT2D eigenvalue weighted by Gasteiger charge is 2.49. The molecule has 0 unspecified atom stereocenters. The van der Waals surface area contributed by atoms with E-state index < -0.39 is 0 Å². The van der Waals surface area contributed by atoms with E-state index in [9.17, 15) is 0 Å². The predicted octanol–water partition coefficient (Wildman–Crippen LogP) is 19.7. The highest BCUT2D eigenvalue weighted by Crippen LogP contribution is 2.56. The third-order valence-electron chi connectivity index (χ3n) is 20.9. The number of benzene rings is 8. The molecule has 0 fully saturated rings. The largest absolute Gasteiger partial charge is 0.336 e. The van der Waals surface area contributed by atoms with Gasteiger partial charge in [0.25, 0.3) is 6.71 Å². The van der Waals surface area contributed by atoms with Gasteiger partial charge in [0.05, 0.1) is 11.4 Å². The van der Waals surface area contributed by atoms with Crippen molar-refractivity contribution in [3.05, 3.63) is 197 Å². The van der Waals surface area contributed by atoms with Crippen molar-refractivity contribution in [2.45, 2.75) is 161 Å². The smallest absolute Gasteiger partial charge is 0.264 e. The number of anilines is 8. The third-order valence-corrected chi connectivity index (χ3v) is 23.4. The normalized spacial score (nSPS) is 19.1. The van der Waals surface area contributed by atoms with Crippen molar-refractivity contribution < 1.29 is 0 Å². The van der Waals surface area contributed by atoms with Gasteiger partial charge in [-0.1, -0.05) is 168 Å². The summed E-state index contributed by atoms with van der Waals surface area (Å²) in [4.78, 5) is 8.09. The van der Waals surface area contributed by atoms with Crippen LogP contribution in [0.2, 0.25) is 0 Å². The minimum atomic E-state index is -0.00171. The summed E-state index contributed by atoms with van der Waals surface area (Å²) in [6.07, 6.45) is 7.03. The molecule has 8 aromatic carbocycles. The number of rotatable bonds is 6. The van der Waals surface area contributed by atoms with Gasteiger partial charge in [-0.05, 0) is 194 Å². The molecular weight excluding hydrogens is 1020 g/mol. The summed E-state index contributed by atoms with van der Waals surface area (Å²) in [6, 6.07) is 62.0. The SMILES string of the molecule is CC1(C)CCC(C)(C)c2cc(N3c4cc5c(cc4B4c6sc7cc8c(cc7c6N(Cc6cccc7c6sc6ccccc67)c6cc(N(c7ccccc7)c7ccccc7)cc3c64)C(C)(C)CCC8(C)C)C(C)(C)CCC5(C)C)ccc21. The highest BCUT2D eigenvalue weighted by atomic mass is 32.1. The third kappa shape index (κ3) is 7.70. The van der Waals surface area contributed by atoms with E-state index >= 15 is 0 Å². The van der Waals surface area contributed by atoms with Crippen LogP contribution in [0.5, 0.6) is 0 Å². The number of nitrogens with zero attached hydrogens (tertiary/aromatic N) is 3. The van der Waals surface area contributed by atoms with Crippen LogP contribution in [0.25, 0.3) is 30.3 Å². The molecular formula is C75H76BN3S2. The molecule has 0 bridgehead atoms. The van der Waals surface area contributed by atoms with Gasteiger partial charge in [-0.25, -0.2) is 0 Å².